The zero-order chi connectivity index (χ0) is 17.8. The first-order chi connectivity index (χ1) is 11.6. The Labute approximate surface area is 150 Å². The van der Waals surface area contributed by atoms with Gasteiger partial charge in [-0.25, -0.2) is 0 Å². The lowest BCUT2D eigenvalue weighted by Gasteiger charge is -2.60. The van der Waals surface area contributed by atoms with Crippen LogP contribution in [0.2, 0.25) is 0 Å². The molecule has 4 unspecified atom stereocenters. The molecule has 5 rings (SSSR count). The molecule has 1 heterocycles. The Kier molecular flexibility index (Phi) is 2.83. The van der Waals surface area contributed by atoms with Gasteiger partial charge in [0.15, 0.2) is 0 Å². The molecule has 25 heavy (non-hydrogen) atoms. The maximum Gasteiger partial charge on any atom is 0.310 e. The van der Waals surface area contributed by atoms with Crippen LogP contribution in [0.4, 0.5) is 0 Å². The summed E-state index contributed by atoms with van der Waals surface area (Å²) in [5, 5.41) is 0. The third kappa shape index (κ3) is 1.73. The van der Waals surface area contributed by atoms with E-state index in [9.17, 15) is 9.59 Å². The highest BCUT2D eigenvalue weighted by Gasteiger charge is 2.71. The van der Waals surface area contributed by atoms with Gasteiger partial charge in [0.2, 0.25) is 0 Å². The second-order valence-corrected chi connectivity index (χ2v) is 10.8. The largest absolute Gasteiger partial charge is 0.458 e. The lowest BCUT2D eigenvalue weighted by Crippen LogP contribution is -2.59. The molecule has 4 aliphatic carbocycles. The standard InChI is InChI=1S/C22H30O3/c1-19(2)9-10-21(4)15-7-8-20(3)14(5-6-16(20)23)17(15)13-11-22(21,12-19)25-18(13)24/h7,13-14,17H,5-6,8-12H2,1-4H3/t13-,14?,17?,20?,21?,22-/m1/s1. The molecule has 6 atom stereocenters. The summed E-state index contributed by atoms with van der Waals surface area (Å²) >= 11 is 0. The fourth-order valence-electron chi connectivity index (χ4n) is 7.45. The van der Waals surface area contributed by atoms with Crippen molar-refractivity contribution in [2.24, 2.45) is 34.0 Å². The number of allylic oxidation sites excluding steroid dienone is 1. The van der Waals surface area contributed by atoms with E-state index in [1.165, 1.54) is 12.0 Å². The van der Waals surface area contributed by atoms with E-state index in [0.29, 0.717) is 18.1 Å². The van der Waals surface area contributed by atoms with Crippen molar-refractivity contribution in [3.05, 3.63) is 11.6 Å². The molecule has 136 valence electrons. The second-order valence-electron chi connectivity index (χ2n) is 10.8. The van der Waals surface area contributed by atoms with Gasteiger partial charge in [0.1, 0.15) is 11.4 Å². The van der Waals surface area contributed by atoms with Crippen molar-refractivity contribution in [3.63, 3.8) is 0 Å². The van der Waals surface area contributed by atoms with Crippen molar-refractivity contribution < 1.29 is 14.3 Å². The van der Waals surface area contributed by atoms with E-state index in [2.05, 4.69) is 33.8 Å². The van der Waals surface area contributed by atoms with Crippen LogP contribution >= 0.6 is 0 Å². The van der Waals surface area contributed by atoms with E-state index >= 15 is 0 Å². The topological polar surface area (TPSA) is 43.4 Å². The molecule has 0 radical (unpaired) electrons. The van der Waals surface area contributed by atoms with Gasteiger partial charge < -0.3 is 4.74 Å². The van der Waals surface area contributed by atoms with Gasteiger partial charge in [-0.3, -0.25) is 9.59 Å². The molecule has 2 bridgehead atoms. The maximum absolute atomic E-state index is 13.0. The smallest absolute Gasteiger partial charge is 0.310 e. The molecule has 0 aromatic heterocycles. The van der Waals surface area contributed by atoms with Crippen molar-refractivity contribution in [3.8, 4) is 0 Å². The van der Waals surface area contributed by atoms with Crippen LogP contribution in [0.3, 0.4) is 0 Å². The number of carbonyl (C=O) groups excluding carboxylic acids is 2. The van der Waals surface area contributed by atoms with Gasteiger partial charge in [-0.2, -0.15) is 0 Å². The quantitative estimate of drug-likeness (QED) is 0.482. The van der Waals surface area contributed by atoms with Gasteiger partial charge in [-0.15, -0.1) is 0 Å². The minimum Gasteiger partial charge on any atom is -0.458 e. The van der Waals surface area contributed by atoms with Crippen molar-refractivity contribution >= 4 is 11.8 Å². The van der Waals surface area contributed by atoms with Crippen LogP contribution in [-0.2, 0) is 14.3 Å². The van der Waals surface area contributed by atoms with E-state index in [1.54, 1.807) is 0 Å². The van der Waals surface area contributed by atoms with Crippen LogP contribution in [0.1, 0.15) is 72.6 Å². The summed E-state index contributed by atoms with van der Waals surface area (Å²) in [7, 11) is 0. The molecule has 4 fully saturated rings. The number of fused-ring (bicyclic) bond motifs is 6. The molecule has 0 N–H and O–H groups in total. The van der Waals surface area contributed by atoms with Crippen LogP contribution < -0.4 is 0 Å². The molecule has 0 aromatic rings. The van der Waals surface area contributed by atoms with E-state index in [1.807, 2.05) is 0 Å². The van der Waals surface area contributed by atoms with E-state index in [-0.39, 0.29) is 39.7 Å². The predicted octanol–water partition coefficient (Wildman–Crippen LogP) is 4.45. The van der Waals surface area contributed by atoms with Crippen molar-refractivity contribution in [2.45, 2.75) is 78.2 Å². The van der Waals surface area contributed by atoms with Gasteiger partial charge in [0, 0.05) is 23.7 Å². The van der Waals surface area contributed by atoms with E-state index in [0.717, 1.165) is 32.1 Å². The number of hydrogen-bond donors (Lipinski definition) is 0. The first-order valence-corrected chi connectivity index (χ1v) is 10.1. The minimum atomic E-state index is -0.310. The van der Waals surface area contributed by atoms with Crippen molar-refractivity contribution in [1.82, 2.24) is 0 Å². The van der Waals surface area contributed by atoms with Gasteiger partial charge in [0.25, 0.3) is 0 Å². The van der Waals surface area contributed by atoms with Crippen LogP contribution in [0.25, 0.3) is 0 Å². The van der Waals surface area contributed by atoms with Crippen molar-refractivity contribution in [1.29, 1.82) is 0 Å². The number of ketones is 1. The summed E-state index contributed by atoms with van der Waals surface area (Å²) in [6.07, 6.45) is 8.99. The average molecular weight is 342 g/mol. The predicted molar refractivity (Wildman–Crippen MR) is 94.7 cm³/mol. The lowest BCUT2D eigenvalue weighted by molar-refractivity contribution is -0.169. The lowest BCUT2D eigenvalue weighted by atomic mass is 9.44. The minimum absolute atomic E-state index is 0.0147. The molecule has 5 aliphatic rings. The molecule has 3 saturated carbocycles. The van der Waals surface area contributed by atoms with Gasteiger partial charge >= 0.3 is 5.97 Å². The number of esters is 1. The Morgan fingerprint density at radius 2 is 1.88 bits per heavy atom. The second kappa shape index (κ2) is 4.40. The van der Waals surface area contributed by atoms with E-state index in [4.69, 9.17) is 4.74 Å². The highest BCUT2D eigenvalue weighted by molar-refractivity contribution is 5.88. The normalized spacial score (nSPS) is 52.8. The Hall–Kier alpha value is -1.12. The molecule has 1 saturated heterocycles. The first-order valence-electron chi connectivity index (χ1n) is 10.1. The average Bonchev–Trinajstić information content (AvgIpc) is 2.99. The summed E-state index contributed by atoms with van der Waals surface area (Å²) in [6.45, 7) is 9.14. The Balaban J connectivity index is 1.67. The summed E-state index contributed by atoms with van der Waals surface area (Å²) in [4.78, 5) is 25.5. The van der Waals surface area contributed by atoms with Crippen LogP contribution in [0.15, 0.2) is 11.6 Å². The highest BCUT2D eigenvalue weighted by atomic mass is 16.6. The summed E-state index contributed by atoms with van der Waals surface area (Å²) in [5.41, 5.74) is 1.11. The molecular formula is C22H30O3. The molecular weight excluding hydrogens is 312 g/mol. The maximum atomic E-state index is 13.0. The summed E-state index contributed by atoms with van der Waals surface area (Å²) in [5.74, 6) is 0.968. The third-order valence-electron chi connectivity index (χ3n) is 8.97. The zero-order valence-electron chi connectivity index (χ0n) is 16.0. The molecule has 1 spiro atoms. The number of Topliss-reactive ketones (excluding diaryl/α,β-unsaturated/α-hetero) is 1. The fraction of sp³-hybridized carbons (Fsp3) is 0.818. The highest BCUT2D eigenvalue weighted by Crippen LogP contribution is 2.71. The Morgan fingerprint density at radius 3 is 2.64 bits per heavy atom. The Bertz CT molecular complexity index is 719. The van der Waals surface area contributed by atoms with Crippen LogP contribution in [-0.4, -0.2) is 17.4 Å². The SMILES string of the molecule is CC1(C)CCC2(C)C3=CCC4(C)C(=O)CCC4C3[C@H]3C[C@]2(C1)OC3=O. The molecule has 0 aromatic carbocycles. The Morgan fingerprint density at radius 1 is 1.12 bits per heavy atom. The monoisotopic (exact) mass is 342 g/mol. The zero-order valence-corrected chi connectivity index (χ0v) is 16.0. The fourth-order valence-corrected chi connectivity index (χ4v) is 7.45. The van der Waals surface area contributed by atoms with Gasteiger partial charge in [0.05, 0.1) is 5.92 Å². The number of rotatable bonds is 0. The molecule has 3 heteroatoms. The summed E-state index contributed by atoms with van der Waals surface area (Å²) in [6, 6.07) is 0. The first kappa shape index (κ1) is 16.1. The van der Waals surface area contributed by atoms with E-state index < -0.39 is 0 Å². The van der Waals surface area contributed by atoms with Crippen LogP contribution in [0.5, 0.6) is 0 Å². The van der Waals surface area contributed by atoms with Gasteiger partial charge in [-0.1, -0.05) is 39.3 Å². The summed E-state index contributed by atoms with van der Waals surface area (Å²) < 4.78 is 6.25. The number of ether oxygens (including phenoxy) is 1. The molecule has 3 nitrogen and oxygen atoms in total. The molecule has 1 aliphatic heterocycles. The van der Waals surface area contributed by atoms with Crippen LogP contribution in [0, 0.1) is 34.0 Å². The number of hydrogen-bond acceptors (Lipinski definition) is 3. The molecule has 0 amide bonds. The van der Waals surface area contributed by atoms with Gasteiger partial charge in [-0.05, 0) is 49.4 Å². The van der Waals surface area contributed by atoms with Crippen molar-refractivity contribution in [2.75, 3.05) is 0 Å². The number of carbonyl (C=O) groups is 2. The third-order valence-corrected chi connectivity index (χ3v) is 8.97.